The highest BCUT2D eigenvalue weighted by Crippen LogP contribution is 2.33. The first-order chi connectivity index (χ1) is 9.16. The van der Waals surface area contributed by atoms with Gasteiger partial charge in [0, 0.05) is 6.42 Å². The molecule has 0 radical (unpaired) electrons. The van der Waals surface area contributed by atoms with Crippen LogP contribution in [0.4, 0.5) is 4.79 Å². The van der Waals surface area contributed by atoms with E-state index in [2.05, 4.69) is 11.4 Å². The molecule has 1 saturated heterocycles. The number of aliphatic hydroxyl groups excluding tert-OH is 1. The van der Waals surface area contributed by atoms with E-state index in [9.17, 15) is 9.59 Å². The van der Waals surface area contributed by atoms with Gasteiger partial charge >= 0.3 is 6.03 Å². The number of nitrogens with one attached hydrogen (secondary N) is 1. The fourth-order valence-corrected chi connectivity index (χ4v) is 3.00. The zero-order chi connectivity index (χ0) is 13.5. The first kappa shape index (κ1) is 12.2. The topological polar surface area (TPSA) is 69.6 Å². The maximum absolute atomic E-state index is 12.4. The second-order valence-electron chi connectivity index (χ2n) is 5.14. The lowest BCUT2D eigenvalue weighted by molar-refractivity contribution is -0.132. The van der Waals surface area contributed by atoms with Crippen molar-refractivity contribution in [2.24, 2.45) is 0 Å². The highest BCUT2D eigenvalue weighted by molar-refractivity contribution is 6.07. The number of aryl methyl sites for hydroxylation is 1. The van der Waals surface area contributed by atoms with Gasteiger partial charge < -0.3 is 10.4 Å². The molecule has 2 N–H and O–H groups in total. The number of β-amino-alcohol motifs (C(OH)–C–C–N with tert-alkyl or cyclic N) is 1. The van der Waals surface area contributed by atoms with Crippen LogP contribution in [0.3, 0.4) is 0 Å². The fraction of sp³-hybridized carbons (Fsp3) is 0.429. The van der Waals surface area contributed by atoms with Gasteiger partial charge in [-0.05, 0) is 24.0 Å². The summed E-state index contributed by atoms with van der Waals surface area (Å²) in [5.41, 5.74) is 1.56. The number of hydrogen-bond acceptors (Lipinski definition) is 3. The van der Waals surface area contributed by atoms with Gasteiger partial charge in [0.2, 0.25) is 0 Å². The van der Waals surface area contributed by atoms with Crippen LogP contribution in [0, 0.1) is 0 Å². The third-order valence-corrected chi connectivity index (χ3v) is 4.00. The Hall–Kier alpha value is -1.88. The van der Waals surface area contributed by atoms with Gasteiger partial charge in [-0.25, -0.2) is 4.79 Å². The van der Waals surface area contributed by atoms with Crippen molar-refractivity contribution < 1.29 is 14.7 Å². The number of nitrogens with zero attached hydrogens (tertiary/aromatic N) is 1. The number of carbonyl (C=O) groups is 2. The Balaban J connectivity index is 1.91. The monoisotopic (exact) mass is 260 g/mol. The first-order valence-electron chi connectivity index (χ1n) is 6.48. The minimum Gasteiger partial charge on any atom is -0.395 e. The number of amides is 3. The smallest absolute Gasteiger partial charge is 0.325 e. The molecule has 1 fully saturated rings. The standard InChI is InChI=1S/C14H16N2O3/c17-8-7-16-12(18)14(15-13(16)19)6-5-10-3-1-2-4-11(10)9-14/h1-4,17H,5-9H2,(H,15,19). The third-order valence-electron chi connectivity index (χ3n) is 4.00. The Morgan fingerprint density at radius 3 is 2.74 bits per heavy atom. The fourth-order valence-electron chi connectivity index (χ4n) is 3.00. The van der Waals surface area contributed by atoms with Crippen LogP contribution < -0.4 is 5.32 Å². The van der Waals surface area contributed by atoms with E-state index >= 15 is 0 Å². The number of rotatable bonds is 2. The van der Waals surface area contributed by atoms with Crippen LogP contribution >= 0.6 is 0 Å². The van der Waals surface area contributed by atoms with Gasteiger partial charge in [0.25, 0.3) is 5.91 Å². The quantitative estimate of drug-likeness (QED) is 0.759. The predicted molar refractivity (Wildman–Crippen MR) is 68.5 cm³/mol. The Morgan fingerprint density at radius 2 is 2.00 bits per heavy atom. The molecule has 1 unspecified atom stereocenters. The molecule has 3 amide bonds. The Morgan fingerprint density at radius 1 is 1.26 bits per heavy atom. The normalized spacial score (nSPS) is 25.6. The van der Waals surface area contributed by atoms with Gasteiger partial charge in [-0.15, -0.1) is 0 Å². The highest BCUT2D eigenvalue weighted by Gasteiger charge is 2.51. The second kappa shape index (κ2) is 4.35. The van der Waals surface area contributed by atoms with Crippen LogP contribution in [0.5, 0.6) is 0 Å². The van der Waals surface area contributed by atoms with Crippen molar-refractivity contribution in [3.8, 4) is 0 Å². The molecule has 0 aromatic heterocycles. The Kier molecular flexibility index (Phi) is 2.78. The van der Waals surface area contributed by atoms with Gasteiger partial charge in [0.15, 0.2) is 0 Å². The van der Waals surface area contributed by atoms with Gasteiger partial charge in [0.05, 0.1) is 13.2 Å². The van der Waals surface area contributed by atoms with E-state index in [1.54, 1.807) is 0 Å². The Bertz CT molecular complexity index is 543. The van der Waals surface area contributed by atoms with Gasteiger partial charge in [-0.2, -0.15) is 0 Å². The van der Waals surface area contributed by atoms with Crippen molar-refractivity contribution in [3.05, 3.63) is 35.4 Å². The molecule has 0 bridgehead atoms. The number of hydrogen-bond donors (Lipinski definition) is 2. The van der Waals surface area contributed by atoms with Gasteiger partial charge in [0.1, 0.15) is 5.54 Å². The van der Waals surface area contributed by atoms with E-state index in [-0.39, 0.29) is 19.1 Å². The molecule has 1 aromatic rings. The van der Waals surface area contributed by atoms with Gasteiger partial charge in [-0.1, -0.05) is 24.3 Å². The minimum absolute atomic E-state index is 0.0636. The van der Waals surface area contributed by atoms with E-state index < -0.39 is 11.6 Å². The Labute approximate surface area is 111 Å². The zero-order valence-electron chi connectivity index (χ0n) is 10.6. The molecule has 1 atom stereocenters. The summed E-state index contributed by atoms with van der Waals surface area (Å²) in [4.78, 5) is 25.4. The molecule has 1 spiro atoms. The molecule has 1 aliphatic heterocycles. The summed E-state index contributed by atoms with van der Waals surface area (Å²) in [5.74, 6) is -0.207. The van der Waals surface area contributed by atoms with E-state index in [0.29, 0.717) is 12.8 Å². The summed E-state index contributed by atoms with van der Waals surface area (Å²) in [6.45, 7) is -0.139. The van der Waals surface area contributed by atoms with E-state index in [4.69, 9.17) is 5.11 Å². The molecule has 0 saturated carbocycles. The van der Waals surface area contributed by atoms with Crippen LogP contribution in [0.1, 0.15) is 17.5 Å². The first-order valence-corrected chi connectivity index (χ1v) is 6.48. The van der Waals surface area contributed by atoms with Crippen LogP contribution in [0.25, 0.3) is 0 Å². The molecular weight excluding hydrogens is 244 g/mol. The van der Waals surface area contributed by atoms with E-state index in [1.807, 2.05) is 18.2 Å². The molecule has 1 aromatic carbocycles. The number of carbonyl (C=O) groups excluding carboxylic acids is 2. The number of urea groups is 1. The lowest BCUT2D eigenvalue weighted by atomic mass is 9.78. The van der Waals surface area contributed by atoms with Crippen molar-refractivity contribution in [3.63, 3.8) is 0 Å². The lowest BCUT2D eigenvalue weighted by Crippen LogP contribution is -2.51. The van der Waals surface area contributed by atoms with E-state index in [0.717, 1.165) is 16.9 Å². The predicted octanol–water partition coefficient (Wildman–Crippen LogP) is 0.458. The summed E-state index contributed by atoms with van der Waals surface area (Å²) < 4.78 is 0. The third kappa shape index (κ3) is 1.81. The number of aliphatic hydroxyl groups is 1. The second-order valence-corrected chi connectivity index (χ2v) is 5.14. The maximum Gasteiger partial charge on any atom is 0.325 e. The summed E-state index contributed by atoms with van der Waals surface area (Å²) in [6, 6.07) is 7.62. The molecule has 2 aliphatic rings. The van der Waals surface area contributed by atoms with Crippen LogP contribution in [-0.2, 0) is 17.6 Å². The summed E-state index contributed by atoms with van der Waals surface area (Å²) in [6.07, 6.45) is 1.95. The molecule has 5 nitrogen and oxygen atoms in total. The largest absolute Gasteiger partial charge is 0.395 e. The average molecular weight is 260 g/mol. The maximum atomic E-state index is 12.4. The zero-order valence-corrected chi connectivity index (χ0v) is 10.6. The van der Waals surface area contributed by atoms with Crippen LogP contribution in [-0.4, -0.2) is 40.6 Å². The SMILES string of the molecule is O=C1NC2(CCc3ccccc3C2)C(=O)N1CCO. The minimum atomic E-state index is -0.805. The molecule has 3 rings (SSSR count). The molecule has 19 heavy (non-hydrogen) atoms. The van der Waals surface area contributed by atoms with E-state index in [1.165, 1.54) is 5.56 Å². The van der Waals surface area contributed by atoms with Gasteiger partial charge in [-0.3, -0.25) is 9.69 Å². The number of imide groups is 1. The molecule has 1 aliphatic carbocycles. The summed E-state index contributed by atoms with van der Waals surface area (Å²) in [5, 5.41) is 11.8. The summed E-state index contributed by atoms with van der Waals surface area (Å²) in [7, 11) is 0. The molecule has 1 heterocycles. The molecule has 100 valence electrons. The van der Waals surface area contributed by atoms with Crippen molar-refractivity contribution in [1.29, 1.82) is 0 Å². The molecular formula is C14H16N2O3. The van der Waals surface area contributed by atoms with Crippen molar-refractivity contribution in [2.75, 3.05) is 13.2 Å². The average Bonchev–Trinajstić information content (AvgIpc) is 2.64. The lowest BCUT2D eigenvalue weighted by Gasteiger charge is -2.32. The van der Waals surface area contributed by atoms with Crippen molar-refractivity contribution >= 4 is 11.9 Å². The van der Waals surface area contributed by atoms with Crippen LogP contribution in [0.2, 0.25) is 0 Å². The number of fused-ring (bicyclic) bond motifs is 1. The van der Waals surface area contributed by atoms with Crippen molar-refractivity contribution in [1.82, 2.24) is 10.2 Å². The number of benzene rings is 1. The summed E-state index contributed by atoms with van der Waals surface area (Å²) >= 11 is 0. The highest BCUT2D eigenvalue weighted by atomic mass is 16.3. The van der Waals surface area contributed by atoms with Crippen LogP contribution in [0.15, 0.2) is 24.3 Å². The van der Waals surface area contributed by atoms with Crippen molar-refractivity contribution in [2.45, 2.75) is 24.8 Å². The molecule has 5 heteroatoms.